The first-order chi connectivity index (χ1) is 7.99. The largest absolute Gasteiger partial charge is 0.244 e. The van der Waals surface area contributed by atoms with Crippen molar-refractivity contribution in [2.45, 2.75) is 37.1 Å². The van der Waals surface area contributed by atoms with Crippen LogP contribution in [0.25, 0.3) is 0 Å². The predicted molar refractivity (Wildman–Crippen MR) is 66.4 cm³/mol. The average molecular weight is 275 g/mol. The molecule has 1 fully saturated rings. The van der Waals surface area contributed by atoms with Gasteiger partial charge in [0.05, 0.1) is 4.90 Å². The Morgan fingerprint density at radius 3 is 2.76 bits per heavy atom. The summed E-state index contributed by atoms with van der Waals surface area (Å²) in [5, 5.41) is 0.184. The second kappa shape index (κ2) is 4.92. The minimum atomic E-state index is -3.48. The van der Waals surface area contributed by atoms with Crippen LogP contribution in [0.3, 0.4) is 0 Å². The number of hydrogen-bond acceptors (Lipinski definition) is 3. The number of pyridine rings is 1. The first-order valence-corrected chi connectivity index (χ1v) is 7.49. The average Bonchev–Trinajstić information content (AvgIpc) is 2.13. The van der Waals surface area contributed by atoms with E-state index in [1.165, 1.54) is 24.8 Å². The maximum absolute atomic E-state index is 12.0. The third-order valence-corrected chi connectivity index (χ3v) is 4.97. The molecule has 1 aliphatic rings. The number of sulfonamides is 1. The standard InChI is InChI=1S/C11H15ClN2O2S/c1-8(9-3-2-4-9)14-17(15,16)10-5-6-13-11(12)7-10/h5-9,14H,2-4H2,1H3. The molecule has 4 nitrogen and oxygen atoms in total. The van der Waals surface area contributed by atoms with E-state index in [4.69, 9.17) is 11.6 Å². The molecule has 6 heteroatoms. The molecule has 1 heterocycles. The van der Waals surface area contributed by atoms with Crippen LogP contribution in [0.15, 0.2) is 23.2 Å². The Morgan fingerprint density at radius 2 is 2.24 bits per heavy atom. The summed E-state index contributed by atoms with van der Waals surface area (Å²) in [4.78, 5) is 3.94. The first-order valence-electron chi connectivity index (χ1n) is 5.63. The van der Waals surface area contributed by atoms with Crippen LogP contribution in [-0.4, -0.2) is 19.4 Å². The van der Waals surface area contributed by atoms with Gasteiger partial charge in [-0.25, -0.2) is 18.1 Å². The normalized spacial score (nSPS) is 18.7. The monoisotopic (exact) mass is 274 g/mol. The zero-order valence-corrected chi connectivity index (χ0v) is 11.1. The van der Waals surface area contributed by atoms with E-state index in [0.29, 0.717) is 5.92 Å². The van der Waals surface area contributed by atoms with Gasteiger partial charge in [0.25, 0.3) is 0 Å². The van der Waals surface area contributed by atoms with Crippen LogP contribution in [0.1, 0.15) is 26.2 Å². The molecule has 94 valence electrons. The molecule has 0 bridgehead atoms. The van der Waals surface area contributed by atoms with Gasteiger partial charge >= 0.3 is 0 Å². The topological polar surface area (TPSA) is 59.1 Å². The highest BCUT2D eigenvalue weighted by molar-refractivity contribution is 7.89. The number of hydrogen-bond donors (Lipinski definition) is 1. The van der Waals surface area contributed by atoms with Crippen LogP contribution in [0.2, 0.25) is 5.15 Å². The molecule has 1 aliphatic carbocycles. The predicted octanol–water partition coefficient (Wildman–Crippen LogP) is 2.20. The summed E-state index contributed by atoms with van der Waals surface area (Å²) >= 11 is 5.69. The molecular weight excluding hydrogens is 260 g/mol. The van der Waals surface area contributed by atoms with Gasteiger partial charge in [-0.15, -0.1) is 0 Å². The van der Waals surface area contributed by atoms with Crippen LogP contribution in [-0.2, 0) is 10.0 Å². The number of nitrogens with zero attached hydrogens (tertiary/aromatic N) is 1. The third-order valence-electron chi connectivity index (χ3n) is 3.21. The van der Waals surface area contributed by atoms with Gasteiger partial charge < -0.3 is 0 Å². The minimum Gasteiger partial charge on any atom is -0.244 e. The maximum atomic E-state index is 12.0. The van der Waals surface area contributed by atoms with E-state index in [1.807, 2.05) is 6.92 Å². The van der Waals surface area contributed by atoms with E-state index >= 15 is 0 Å². The molecule has 1 aromatic heterocycles. The maximum Gasteiger partial charge on any atom is 0.240 e. The Balaban J connectivity index is 2.13. The van der Waals surface area contributed by atoms with Gasteiger partial charge in [-0.1, -0.05) is 18.0 Å². The fourth-order valence-corrected chi connectivity index (χ4v) is 3.46. The molecule has 1 N–H and O–H groups in total. The SMILES string of the molecule is CC(NS(=O)(=O)c1ccnc(Cl)c1)C1CCC1. The molecule has 0 radical (unpaired) electrons. The highest BCUT2D eigenvalue weighted by Gasteiger charge is 2.27. The molecule has 1 unspecified atom stereocenters. The Kier molecular flexibility index (Phi) is 3.70. The first kappa shape index (κ1) is 12.8. The van der Waals surface area contributed by atoms with Crippen molar-refractivity contribution < 1.29 is 8.42 Å². The summed E-state index contributed by atoms with van der Waals surface area (Å²) in [6.07, 6.45) is 4.78. The molecule has 0 aromatic carbocycles. The van der Waals surface area contributed by atoms with Gasteiger partial charge in [-0.05, 0) is 37.8 Å². The van der Waals surface area contributed by atoms with E-state index < -0.39 is 10.0 Å². The summed E-state index contributed by atoms with van der Waals surface area (Å²) in [5.74, 6) is 0.460. The Hall–Kier alpha value is -0.650. The summed E-state index contributed by atoms with van der Waals surface area (Å²) in [5.41, 5.74) is 0. The van der Waals surface area contributed by atoms with Gasteiger partial charge in [0.1, 0.15) is 5.15 Å². The van der Waals surface area contributed by atoms with Crippen molar-refractivity contribution in [3.8, 4) is 0 Å². The zero-order chi connectivity index (χ0) is 12.5. The lowest BCUT2D eigenvalue weighted by atomic mass is 9.81. The number of nitrogens with one attached hydrogen (secondary N) is 1. The fourth-order valence-electron chi connectivity index (χ4n) is 1.90. The van der Waals surface area contributed by atoms with E-state index in [1.54, 1.807) is 0 Å². The van der Waals surface area contributed by atoms with Gasteiger partial charge in [0.15, 0.2) is 0 Å². The fraction of sp³-hybridized carbons (Fsp3) is 0.545. The van der Waals surface area contributed by atoms with Gasteiger partial charge in [-0.2, -0.15) is 0 Å². The summed E-state index contributed by atoms with van der Waals surface area (Å²) in [6, 6.07) is 2.78. The lowest BCUT2D eigenvalue weighted by Crippen LogP contribution is -2.40. The molecule has 0 spiro atoms. The van der Waals surface area contributed by atoms with Crippen LogP contribution in [0, 0.1) is 5.92 Å². The smallest absolute Gasteiger partial charge is 0.240 e. The third kappa shape index (κ3) is 2.97. The number of halogens is 1. The van der Waals surface area contributed by atoms with E-state index in [9.17, 15) is 8.42 Å². The molecular formula is C11H15ClN2O2S. The Bertz CT molecular complexity index is 500. The van der Waals surface area contributed by atoms with Crippen molar-refractivity contribution in [3.63, 3.8) is 0 Å². The van der Waals surface area contributed by atoms with Crippen molar-refractivity contribution in [2.24, 2.45) is 5.92 Å². The Morgan fingerprint density at radius 1 is 1.53 bits per heavy atom. The lowest BCUT2D eigenvalue weighted by Gasteiger charge is -2.31. The molecule has 2 rings (SSSR count). The second-order valence-corrected chi connectivity index (χ2v) is 6.52. The molecule has 17 heavy (non-hydrogen) atoms. The van der Waals surface area contributed by atoms with E-state index in [2.05, 4.69) is 9.71 Å². The van der Waals surface area contributed by atoms with Crippen molar-refractivity contribution in [1.29, 1.82) is 0 Å². The Labute approximate surface area is 106 Å². The quantitative estimate of drug-likeness (QED) is 0.857. The molecule has 1 saturated carbocycles. The van der Waals surface area contributed by atoms with Gasteiger partial charge in [0, 0.05) is 12.2 Å². The molecule has 0 amide bonds. The molecule has 1 atom stereocenters. The van der Waals surface area contributed by atoms with Crippen LogP contribution in [0.5, 0.6) is 0 Å². The minimum absolute atomic E-state index is 0.0271. The van der Waals surface area contributed by atoms with E-state index in [0.717, 1.165) is 12.8 Å². The van der Waals surface area contributed by atoms with Crippen molar-refractivity contribution in [3.05, 3.63) is 23.5 Å². The molecule has 0 aliphatic heterocycles. The summed E-state index contributed by atoms with van der Waals surface area (Å²) in [6.45, 7) is 1.91. The van der Waals surface area contributed by atoms with Crippen LogP contribution in [0.4, 0.5) is 0 Å². The van der Waals surface area contributed by atoms with Gasteiger partial charge in [0.2, 0.25) is 10.0 Å². The van der Waals surface area contributed by atoms with E-state index in [-0.39, 0.29) is 16.1 Å². The number of rotatable bonds is 4. The van der Waals surface area contributed by atoms with Crippen molar-refractivity contribution in [1.82, 2.24) is 9.71 Å². The van der Waals surface area contributed by atoms with Crippen LogP contribution < -0.4 is 4.72 Å². The summed E-state index contributed by atoms with van der Waals surface area (Å²) in [7, 11) is -3.48. The lowest BCUT2D eigenvalue weighted by molar-refractivity contribution is 0.260. The number of aromatic nitrogens is 1. The van der Waals surface area contributed by atoms with Crippen molar-refractivity contribution in [2.75, 3.05) is 0 Å². The van der Waals surface area contributed by atoms with Crippen LogP contribution >= 0.6 is 11.6 Å². The van der Waals surface area contributed by atoms with Gasteiger partial charge in [-0.3, -0.25) is 0 Å². The zero-order valence-electron chi connectivity index (χ0n) is 9.56. The highest BCUT2D eigenvalue weighted by atomic mass is 35.5. The second-order valence-electron chi connectivity index (χ2n) is 4.42. The summed E-state index contributed by atoms with van der Waals surface area (Å²) < 4.78 is 26.8. The molecule has 1 aromatic rings. The highest BCUT2D eigenvalue weighted by Crippen LogP contribution is 2.30. The molecule has 0 saturated heterocycles. The van der Waals surface area contributed by atoms with Crippen molar-refractivity contribution >= 4 is 21.6 Å².